The normalized spacial score (nSPS) is 7.25. The molecule has 0 aromatic rings. The molecule has 0 aromatic carbocycles. The van der Waals surface area contributed by atoms with Gasteiger partial charge in [-0.2, -0.15) is 0 Å². The zero-order valence-electron chi connectivity index (χ0n) is 3.77. The van der Waals surface area contributed by atoms with Gasteiger partial charge < -0.3 is 21.4 Å². The minimum Gasteiger partial charge on any atom is -0.759 e. The summed E-state index contributed by atoms with van der Waals surface area (Å²) in [5.74, 6) is 0. The molecule has 0 heterocycles. The van der Waals surface area contributed by atoms with Gasteiger partial charge in [-0.1, -0.05) is 0 Å². The summed E-state index contributed by atoms with van der Waals surface area (Å²) in [6, 6.07) is 0. The second-order valence-corrected chi connectivity index (χ2v) is 1.22. The van der Waals surface area contributed by atoms with Crippen LogP contribution in [0.15, 0.2) is 0 Å². The van der Waals surface area contributed by atoms with E-state index < -0.39 is 10.4 Å². The topological polar surface area (TPSA) is 150 Å². The maximum absolute atomic E-state index is 8.52. The zero-order valence-corrected chi connectivity index (χ0v) is 6.14. The fourth-order valence-corrected chi connectivity index (χ4v) is 0. The van der Waals surface area contributed by atoms with Gasteiger partial charge in [-0.25, -0.2) is 0 Å². The Balaban J connectivity index is -0.0000000267. The molecule has 8 heavy (non-hydrogen) atoms. The fraction of sp³-hybridized carbons (Fsp3) is 0. The molecule has 0 bridgehead atoms. The molecule has 0 rings (SSSR count). The third-order valence-electron chi connectivity index (χ3n) is 0. The predicted octanol–water partition coefficient (Wildman–Crippen LogP) is -1.02. The molecule has 0 unspecified atom stereocenters. The molecular weight excluding hydrogens is 230 g/mol. The standard InChI is InChI=1S/2H3N.H2O4S.Pd/c;;1-5(2,3)4;/h2*1H3;(H2,1,2,3,4);/q;;;+2/p-2. The summed E-state index contributed by atoms with van der Waals surface area (Å²) >= 11 is 0. The van der Waals surface area contributed by atoms with E-state index in [1.165, 1.54) is 0 Å². The Morgan fingerprint density at radius 2 is 1.00 bits per heavy atom. The summed E-state index contributed by atoms with van der Waals surface area (Å²) in [4.78, 5) is 0. The molecule has 6 nitrogen and oxygen atoms in total. The van der Waals surface area contributed by atoms with E-state index >= 15 is 0 Å². The maximum Gasteiger partial charge on any atom is 2.00 e. The van der Waals surface area contributed by atoms with Gasteiger partial charge in [0.05, 0.1) is 0 Å². The largest absolute Gasteiger partial charge is 2.00 e. The third-order valence-corrected chi connectivity index (χ3v) is 0. The summed E-state index contributed by atoms with van der Waals surface area (Å²) in [6.45, 7) is 0. The Morgan fingerprint density at radius 3 is 1.00 bits per heavy atom. The minimum atomic E-state index is -5.17. The van der Waals surface area contributed by atoms with Crippen molar-refractivity contribution in [2.24, 2.45) is 0 Å². The van der Waals surface area contributed by atoms with E-state index in [9.17, 15) is 0 Å². The Bertz CT molecular complexity index is 97.2. The van der Waals surface area contributed by atoms with E-state index in [1.54, 1.807) is 0 Å². The van der Waals surface area contributed by atoms with Crippen LogP contribution in [-0.4, -0.2) is 17.5 Å². The van der Waals surface area contributed by atoms with Crippen molar-refractivity contribution in [1.29, 1.82) is 0 Å². The average Bonchev–Trinajstić information content (AvgIpc) is 0.722. The van der Waals surface area contributed by atoms with Crippen molar-refractivity contribution in [3.05, 3.63) is 0 Å². The Kier molecular flexibility index (Phi) is 22.1. The molecule has 0 aromatic heterocycles. The molecule has 6 N–H and O–H groups in total. The van der Waals surface area contributed by atoms with Crippen molar-refractivity contribution >= 4 is 10.4 Å². The van der Waals surface area contributed by atoms with Gasteiger partial charge in [0.25, 0.3) is 0 Å². The summed E-state index contributed by atoms with van der Waals surface area (Å²) in [5, 5.41) is 0. The van der Waals surface area contributed by atoms with Crippen molar-refractivity contribution < 1.29 is 37.9 Å². The van der Waals surface area contributed by atoms with Crippen LogP contribution in [0.4, 0.5) is 0 Å². The Hall–Kier alpha value is 0.452. The SMILES string of the molecule is N.N.O=S(=O)([O-])[O-].[Pd+2]. The monoisotopic (exact) mass is 236 g/mol. The first-order valence-electron chi connectivity index (χ1n) is 0.667. The molecule has 0 aliphatic carbocycles. The van der Waals surface area contributed by atoms with E-state index in [4.69, 9.17) is 17.5 Å². The number of hydrogen-bond donors (Lipinski definition) is 2. The molecule has 0 aliphatic rings. The van der Waals surface area contributed by atoms with Crippen LogP contribution < -0.4 is 12.3 Å². The smallest absolute Gasteiger partial charge is 0.759 e. The summed E-state index contributed by atoms with van der Waals surface area (Å²) in [5.41, 5.74) is 0. The van der Waals surface area contributed by atoms with Crippen molar-refractivity contribution in [2.45, 2.75) is 0 Å². The van der Waals surface area contributed by atoms with Gasteiger partial charge in [-0.15, -0.1) is 0 Å². The molecular formula is H6N2O4PdS. The minimum absolute atomic E-state index is 0. The zero-order chi connectivity index (χ0) is 4.50. The summed E-state index contributed by atoms with van der Waals surface area (Å²) < 4.78 is 34.1. The Morgan fingerprint density at radius 1 is 1.00 bits per heavy atom. The van der Waals surface area contributed by atoms with Crippen LogP contribution >= 0.6 is 0 Å². The van der Waals surface area contributed by atoms with Crippen LogP contribution in [0.2, 0.25) is 0 Å². The molecule has 0 radical (unpaired) electrons. The molecule has 0 atom stereocenters. The van der Waals surface area contributed by atoms with Crippen LogP contribution in [-0.2, 0) is 30.8 Å². The third kappa shape index (κ3) is 937. The van der Waals surface area contributed by atoms with Crippen molar-refractivity contribution in [3.63, 3.8) is 0 Å². The van der Waals surface area contributed by atoms with E-state index in [-0.39, 0.29) is 32.7 Å². The molecule has 0 aliphatic heterocycles. The summed E-state index contributed by atoms with van der Waals surface area (Å²) in [7, 11) is -5.17. The molecule has 0 fully saturated rings. The quantitative estimate of drug-likeness (QED) is 0.312. The van der Waals surface area contributed by atoms with E-state index in [2.05, 4.69) is 0 Å². The summed E-state index contributed by atoms with van der Waals surface area (Å²) in [6.07, 6.45) is 0. The van der Waals surface area contributed by atoms with E-state index in [0.717, 1.165) is 0 Å². The maximum atomic E-state index is 8.52. The molecule has 0 saturated carbocycles. The molecule has 0 amide bonds. The average molecular weight is 237 g/mol. The fourth-order valence-electron chi connectivity index (χ4n) is 0. The van der Waals surface area contributed by atoms with Crippen LogP contribution in [0.3, 0.4) is 0 Å². The predicted molar refractivity (Wildman–Crippen MR) is 20.5 cm³/mol. The van der Waals surface area contributed by atoms with Crippen LogP contribution in [0, 0.1) is 0 Å². The first-order chi connectivity index (χ1) is 2.00. The molecule has 0 spiro atoms. The van der Waals surface area contributed by atoms with Gasteiger partial charge in [0.2, 0.25) is 0 Å². The molecule has 8 heteroatoms. The number of hydrogen-bond acceptors (Lipinski definition) is 6. The van der Waals surface area contributed by atoms with Crippen molar-refractivity contribution in [2.75, 3.05) is 0 Å². The van der Waals surface area contributed by atoms with Gasteiger partial charge >= 0.3 is 20.4 Å². The Labute approximate surface area is 61.1 Å². The van der Waals surface area contributed by atoms with Crippen LogP contribution in [0.1, 0.15) is 0 Å². The molecule has 56 valence electrons. The van der Waals surface area contributed by atoms with Gasteiger partial charge in [0, 0.05) is 10.4 Å². The van der Waals surface area contributed by atoms with E-state index in [0.29, 0.717) is 0 Å². The van der Waals surface area contributed by atoms with Gasteiger partial charge in [0.1, 0.15) is 0 Å². The van der Waals surface area contributed by atoms with Gasteiger partial charge in [0.15, 0.2) is 0 Å². The second-order valence-electron chi connectivity index (χ2n) is 0.408. The van der Waals surface area contributed by atoms with Crippen LogP contribution in [0.25, 0.3) is 0 Å². The van der Waals surface area contributed by atoms with Gasteiger partial charge in [-0.05, 0) is 0 Å². The van der Waals surface area contributed by atoms with Crippen LogP contribution in [0.5, 0.6) is 0 Å². The second kappa shape index (κ2) is 7.45. The number of rotatable bonds is 0. The molecule has 0 saturated heterocycles. The van der Waals surface area contributed by atoms with Crippen molar-refractivity contribution in [1.82, 2.24) is 12.3 Å². The van der Waals surface area contributed by atoms with E-state index in [1.807, 2.05) is 0 Å². The first kappa shape index (κ1) is 23.7. The van der Waals surface area contributed by atoms with Gasteiger partial charge in [-0.3, -0.25) is 8.42 Å². The van der Waals surface area contributed by atoms with Crippen molar-refractivity contribution in [3.8, 4) is 0 Å². The first-order valence-corrected chi connectivity index (χ1v) is 2.00.